The Morgan fingerprint density at radius 1 is 1.35 bits per heavy atom. The van der Waals surface area contributed by atoms with Crippen LogP contribution in [-0.2, 0) is 16.0 Å². The van der Waals surface area contributed by atoms with Crippen LogP contribution in [0.15, 0.2) is 18.2 Å². The van der Waals surface area contributed by atoms with Gasteiger partial charge in [-0.15, -0.1) is 0 Å². The van der Waals surface area contributed by atoms with Crippen LogP contribution in [0.1, 0.15) is 37.7 Å². The molecule has 1 aromatic rings. The first kappa shape index (κ1) is 13.4. The van der Waals surface area contributed by atoms with Crippen LogP contribution in [-0.4, -0.2) is 25.2 Å². The fraction of sp³-hybridized carbons (Fsp3) is 0.562. The monoisotopic (exact) mass is 275 g/mol. The zero-order valence-corrected chi connectivity index (χ0v) is 11.7. The summed E-state index contributed by atoms with van der Waals surface area (Å²) in [5, 5.41) is 2.90. The van der Waals surface area contributed by atoms with Crippen molar-refractivity contribution in [2.75, 3.05) is 18.5 Å². The van der Waals surface area contributed by atoms with E-state index >= 15 is 0 Å². The third kappa shape index (κ3) is 3.31. The molecule has 1 saturated heterocycles. The van der Waals surface area contributed by atoms with Crippen LogP contribution in [0.5, 0.6) is 5.75 Å². The molecule has 2 heterocycles. The largest absolute Gasteiger partial charge is 0.494 e. The lowest BCUT2D eigenvalue weighted by Gasteiger charge is -2.18. The van der Waals surface area contributed by atoms with Crippen molar-refractivity contribution in [2.24, 2.45) is 0 Å². The smallest absolute Gasteiger partial charge is 0.224 e. The summed E-state index contributed by atoms with van der Waals surface area (Å²) >= 11 is 0. The van der Waals surface area contributed by atoms with E-state index in [-0.39, 0.29) is 5.91 Å². The molecule has 0 aromatic heterocycles. The standard InChI is InChI=1S/C16H21NO3/c18-16-8-6-12-5-7-14(11-15(12)17-16)20-10-2-4-13-3-1-9-19-13/h5,7,11,13H,1-4,6,8-10H2,(H,17,18). The van der Waals surface area contributed by atoms with E-state index in [1.165, 1.54) is 18.4 Å². The molecule has 20 heavy (non-hydrogen) atoms. The topological polar surface area (TPSA) is 47.6 Å². The maximum absolute atomic E-state index is 11.4. The van der Waals surface area contributed by atoms with E-state index in [1.54, 1.807) is 0 Å². The molecule has 1 amide bonds. The summed E-state index contributed by atoms with van der Waals surface area (Å²) in [5.41, 5.74) is 2.09. The second-order valence-corrected chi connectivity index (χ2v) is 5.49. The number of aryl methyl sites for hydroxylation is 1. The SMILES string of the molecule is O=C1CCc2ccc(OCCCC3CCCO3)cc2N1. The molecule has 0 spiro atoms. The van der Waals surface area contributed by atoms with Gasteiger partial charge in [-0.2, -0.15) is 0 Å². The van der Waals surface area contributed by atoms with Gasteiger partial charge in [0, 0.05) is 24.8 Å². The molecular weight excluding hydrogens is 254 g/mol. The Kier molecular flexibility index (Phi) is 4.21. The van der Waals surface area contributed by atoms with Crippen molar-refractivity contribution in [3.63, 3.8) is 0 Å². The third-order valence-corrected chi connectivity index (χ3v) is 3.94. The Labute approximate surface area is 119 Å². The molecule has 1 aromatic carbocycles. The zero-order chi connectivity index (χ0) is 13.8. The molecule has 0 aliphatic carbocycles. The number of benzene rings is 1. The number of ether oxygens (including phenoxy) is 2. The van der Waals surface area contributed by atoms with E-state index in [0.717, 1.165) is 37.3 Å². The summed E-state index contributed by atoms with van der Waals surface area (Å²) in [5.74, 6) is 0.923. The van der Waals surface area contributed by atoms with Gasteiger partial charge in [0.05, 0.1) is 12.7 Å². The summed E-state index contributed by atoms with van der Waals surface area (Å²) in [6, 6.07) is 5.96. The van der Waals surface area contributed by atoms with Crippen LogP contribution in [0.25, 0.3) is 0 Å². The van der Waals surface area contributed by atoms with Gasteiger partial charge in [-0.05, 0) is 43.7 Å². The minimum atomic E-state index is 0.0908. The summed E-state index contributed by atoms with van der Waals surface area (Å²) in [6.07, 6.45) is 6.28. The third-order valence-electron chi connectivity index (χ3n) is 3.94. The van der Waals surface area contributed by atoms with Crippen molar-refractivity contribution in [2.45, 2.75) is 44.6 Å². The highest BCUT2D eigenvalue weighted by Gasteiger charge is 2.16. The number of rotatable bonds is 5. The molecule has 4 heteroatoms. The maximum Gasteiger partial charge on any atom is 0.224 e. The second kappa shape index (κ2) is 6.27. The van der Waals surface area contributed by atoms with Crippen molar-refractivity contribution in [3.8, 4) is 5.75 Å². The number of hydrogen-bond acceptors (Lipinski definition) is 3. The van der Waals surface area contributed by atoms with Crippen LogP contribution in [0, 0.1) is 0 Å². The summed E-state index contributed by atoms with van der Waals surface area (Å²) in [7, 11) is 0. The molecule has 3 rings (SSSR count). The van der Waals surface area contributed by atoms with Gasteiger partial charge in [-0.25, -0.2) is 0 Å². The van der Waals surface area contributed by atoms with Gasteiger partial charge in [0.25, 0.3) is 0 Å². The van der Waals surface area contributed by atoms with Crippen molar-refractivity contribution < 1.29 is 14.3 Å². The fourth-order valence-corrected chi connectivity index (χ4v) is 2.81. The number of nitrogens with one attached hydrogen (secondary N) is 1. The normalized spacial score (nSPS) is 21.4. The lowest BCUT2D eigenvalue weighted by atomic mass is 10.0. The number of carbonyl (C=O) groups excluding carboxylic acids is 1. The molecule has 1 unspecified atom stereocenters. The Bertz CT molecular complexity index is 481. The Morgan fingerprint density at radius 2 is 2.30 bits per heavy atom. The molecule has 2 aliphatic rings. The molecular formula is C16H21NO3. The first-order valence-electron chi connectivity index (χ1n) is 7.48. The fourth-order valence-electron chi connectivity index (χ4n) is 2.81. The van der Waals surface area contributed by atoms with Gasteiger partial charge in [0.1, 0.15) is 5.75 Å². The predicted octanol–water partition coefficient (Wildman–Crippen LogP) is 2.91. The van der Waals surface area contributed by atoms with Gasteiger partial charge >= 0.3 is 0 Å². The molecule has 0 bridgehead atoms. The first-order valence-corrected chi connectivity index (χ1v) is 7.48. The molecule has 0 saturated carbocycles. The van der Waals surface area contributed by atoms with E-state index in [9.17, 15) is 4.79 Å². The van der Waals surface area contributed by atoms with Crippen LogP contribution in [0.2, 0.25) is 0 Å². The molecule has 1 fully saturated rings. The summed E-state index contributed by atoms with van der Waals surface area (Å²) in [4.78, 5) is 11.4. The van der Waals surface area contributed by atoms with Crippen LogP contribution in [0.4, 0.5) is 5.69 Å². The van der Waals surface area contributed by atoms with Gasteiger partial charge in [-0.1, -0.05) is 6.07 Å². The lowest BCUT2D eigenvalue weighted by molar-refractivity contribution is -0.116. The van der Waals surface area contributed by atoms with Crippen molar-refractivity contribution in [1.82, 2.24) is 0 Å². The van der Waals surface area contributed by atoms with Gasteiger partial charge < -0.3 is 14.8 Å². The Morgan fingerprint density at radius 3 is 3.15 bits per heavy atom. The minimum absolute atomic E-state index is 0.0908. The van der Waals surface area contributed by atoms with Crippen molar-refractivity contribution >= 4 is 11.6 Å². The maximum atomic E-state index is 11.4. The van der Waals surface area contributed by atoms with Crippen molar-refractivity contribution in [3.05, 3.63) is 23.8 Å². The van der Waals surface area contributed by atoms with Crippen LogP contribution < -0.4 is 10.1 Å². The molecule has 1 atom stereocenters. The Balaban J connectivity index is 1.47. The summed E-state index contributed by atoms with van der Waals surface area (Å²) in [6.45, 7) is 1.61. The van der Waals surface area contributed by atoms with E-state index < -0.39 is 0 Å². The number of hydrogen-bond donors (Lipinski definition) is 1. The minimum Gasteiger partial charge on any atom is -0.494 e. The van der Waals surface area contributed by atoms with E-state index in [2.05, 4.69) is 5.32 Å². The highest BCUT2D eigenvalue weighted by atomic mass is 16.5. The quantitative estimate of drug-likeness (QED) is 0.840. The van der Waals surface area contributed by atoms with Crippen LogP contribution in [0.3, 0.4) is 0 Å². The van der Waals surface area contributed by atoms with E-state index in [1.807, 2.05) is 18.2 Å². The number of amides is 1. The van der Waals surface area contributed by atoms with E-state index in [4.69, 9.17) is 9.47 Å². The number of fused-ring (bicyclic) bond motifs is 1. The summed E-state index contributed by atoms with van der Waals surface area (Å²) < 4.78 is 11.3. The first-order chi connectivity index (χ1) is 9.81. The van der Waals surface area contributed by atoms with E-state index in [0.29, 0.717) is 19.1 Å². The molecule has 1 N–H and O–H groups in total. The molecule has 0 radical (unpaired) electrons. The number of carbonyl (C=O) groups is 1. The molecule has 108 valence electrons. The number of anilines is 1. The molecule has 4 nitrogen and oxygen atoms in total. The van der Waals surface area contributed by atoms with Crippen LogP contribution >= 0.6 is 0 Å². The second-order valence-electron chi connectivity index (χ2n) is 5.49. The average Bonchev–Trinajstić information content (AvgIpc) is 2.96. The zero-order valence-electron chi connectivity index (χ0n) is 11.7. The highest BCUT2D eigenvalue weighted by Crippen LogP contribution is 2.27. The van der Waals surface area contributed by atoms with Gasteiger partial charge in [-0.3, -0.25) is 4.79 Å². The van der Waals surface area contributed by atoms with Crippen molar-refractivity contribution in [1.29, 1.82) is 0 Å². The predicted molar refractivity (Wildman–Crippen MR) is 77.1 cm³/mol. The molecule has 2 aliphatic heterocycles. The van der Waals surface area contributed by atoms with Gasteiger partial charge in [0.15, 0.2) is 0 Å². The lowest BCUT2D eigenvalue weighted by Crippen LogP contribution is -2.18. The van der Waals surface area contributed by atoms with Gasteiger partial charge in [0.2, 0.25) is 5.91 Å². The highest BCUT2D eigenvalue weighted by molar-refractivity contribution is 5.94. The average molecular weight is 275 g/mol. The Hall–Kier alpha value is -1.55.